The van der Waals surface area contributed by atoms with Crippen LogP contribution in [0.2, 0.25) is 0 Å². The lowest BCUT2D eigenvalue weighted by Crippen LogP contribution is -2.31. The average molecular weight is 368 g/mol. The van der Waals surface area contributed by atoms with Crippen molar-refractivity contribution in [3.63, 3.8) is 0 Å². The molecule has 2 aromatic carbocycles. The number of carboxylic acids is 1. The summed E-state index contributed by atoms with van der Waals surface area (Å²) in [6.45, 7) is 0.148. The first-order valence-corrected chi connectivity index (χ1v) is 8.39. The van der Waals surface area contributed by atoms with Crippen LogP contribution in [0.25, 0.3) is 10.9 Å². The molecule has 140 valence electrons. The summed E-state index contributed by atoms with van der Waals surface area (Å²) in [5.41, 5.74) is 6.16. The molecule has 1 heterocycles. The standard InChI is InChI=1S/C20H20N2O5/c1-25-18-11-14-16(12-19(18)26-10-8-15(21)20(23)24)22-9-7-17(14)27-13-5-3-2-4-6-13/h2-7,9,11-12,15H,8,10,21H2,1H3,(H,23,24). The largest absolute Gasteiger partial charge is 0.493 e. The summed E-state index contributed by atoms with van der Waals surface area (Å²) in [5.74, 6) is 1.26. The van der Waals surface area contributed by atoms with Gasteiger partial charge in [0.2, 0.25) is 0 Å². The van der Waals surface area contributed by atoms with Crippen LogP contribution in [0.5, 0.6) is 23.0 Å². The molecule has 7 heteroatoms. The van der Waals surface area contributed by atoms with E-state index in [-0.39, 0.29) is 13.0 Å². The summed E-state index contributed by atoms with van der Waals surface area (Å²) in [4.78, 5) is 15.2. The molecule has 0 aliphatic carbocycles. The summed E-state index contributed by atoms with van der Waals surface area (Å²) < 4.78 is 17.0. The van der Waals surface area contributed by atoms with E-state index >= 15 is 0 Å². The Balaban J connectivity index is 1.86. The molecular weight excluding hydrogens is 348 g/mol. The van der Waals surface area contributed by atoms with Crippen molar-refractivity contribution < 1.29 is 24.1 Å². The zero-order chi connectivity index (χ0) is 19.2. The molecule has 3 rings (SSSR count). The third-order valence-electron chi connectivity index (χ3n) is 3.96. The van der Waals surface area contributed by atoms with Gasteiger partial charge < -0.3 is 25.1 Å². The molecule has 7 nitrogen and oxygen atoms in total. The van der Waals surface area contributed by atoms with E-state index in [4.69, 9.17) is 25.1 Å². The van der Waals surface area contributed by atoms with E-state index in [1.807, 2.05) is 30.3 Å². The number of fused-ring (bicyclic) bond motifs is 1. The maximum atomic E-state index is 10.8. The monoisotopic (exact) mass is 368 g/mol. The second-order valence-corrected chi connectivity index (χ2v) is 5.83. The number of ether oxygens (including phenoxy) is 3. The highest BCUT2D eigenvalue weighted by molar-refractivity contribution is 5.88. The van der Waals surface area contributed by atoms with Crippen molar-refractivity contribution >= 4 is 16.9 Å². The van der Waals surface area contributed by atoms with Crippen molar-refractivity contribution in [1.29, 1.82) is 0 Å². The van der Waals surface area contributed by atoms with Crippen LogP contribution in [0, 0.1) is 0 Å². The Bertz CT molecular complexity index is 930. The smallest absolute Gasteiger partial charge is 0.320 e. The normalized spacial score (nSPS) is 11.8. The Morgan fingerprint density at radius 1 is 1.15 bits per heavy atom. The number of carboxylic acid groups (broad SMARTS) is 1. The maximum Gasteiger partial charge on any atom is 0.320 e. The second-order valence-electron chi connectivity index (χ2n) is 5.83. The summed E-state index contributed by atoms with van der Waals surface area (Å²) in [5, 5.41) is 9.61. The van der Waals surface area contributed by atoms with Crippen molar-refractivity contribution in [1.82, 2.24) is 4.98 Å². The number of pyridine rings is 1. The predicted octanol–water partition coefficient (Wildman–Crippen LogP) is 3.22. The van der Waals surface area contributed by atoms with Crippen molar-refractivity contribution in [2.24, 2.45) is 5.73 Å². The van der Waals surface area contributed by atoms with Crippen LogP contribution in [0.1, 0.15) is 6.42 Å². The van der Waals surface area contributed by atoms with Gasteiger partial charge in [-0.1, -0.05) is 18.2 Å². The van der Waals surface area contributed by atoms with Gasteiger partial charge in [0.1, 0.15) is 17.5 Å². The SMILES string of the molecule is COc1cc2c(Oc3ccccc3)ccnc2cc1OCCC(N)C(=O)O. The Morgan fingerprint density at radius 3 is 2.63 bits per heavy atom. The van der Waals surface area contributed by atoms with Gasteiger partial charge in [-0.25, -0.2) is 0 Å². The maximum absolute atomic E-state index is 10.8. The number of benzene rings is 2. The quantitative estimate of drug-likeness (QED) is 0.629. The number of aliphatic carboxylic acids is 1. The molecule has 3 N–H and O–H groups in total. The fourth-order valence-corrected chi connectivity index (χ4v) is 2.52. The Labute approximate surface area is 156 Å². The number of methoxy groups -OCH3 is 1. The number of nitrogens with zero attached hydrogens (tertiary/aromatic N) is 1. The first-order chi connectivity index (χ1) is 13.1. The molecule has 0 aliphatic rings. The molecule has 1 aromatic heterocycles. The molecule has 0 fully saturated rings. The number of carbonyl (C=O) groups is 1. The molecular formula is C20H20N2O5. The van der Waals surface area contributed by atoms with Gasteiger partial charge in [0.25, 0.3) is 0 Å². The van der Waals surface area contributed by atoms with Gasteiger partial charge in [-0.2, -0.15) is 0 Å². The number of nitrogens with two attached hydrogens (primary N) is 1. The van der Waals surface area contributed by atoms with E-state index in [0.29, 0.717) is 28.5 Å². The molecule has 0 saturated carbocycles. The lowest BCUT2D eigenvalue weighted by atomic mass is 10.1. The van der Waals surface area contributed by atoms with Crippen LogP contribution >= 0.6 is 0 Å². The highest BCUT2D eigenvalue weighted by Gasteiger charge is 2.14. The van der Waals surface area contributed by atoms with E-state index in [2.05, 4.69) is 4.98 Å². The first kappa shape index (κ1) is 18.5. The first-order valence-electron chi connectivity index (χ1n) is 8.39. The van der Waals surface area contributed by atoms with Gasteiger partial charge in [0, 0.05) is 24.1 Å². The van der Waals surface area contributed by atoms with Gasteiger partial charge in [0.05, 0.1) is 19.2 Å². The molecule has 1 atom stereocenters. The van der Waals surface area contributed by atoms with E-state index in [1.165, 1.54) is 7.11 Å². The molecule has 0 amide bonds. The second kappa shape index (κ2) is 8.37. The van der Waals surface area contributed by atoms with E-state index in [9.17, 15) is 4.79 Å². The molecule has 0 saturated heterocycles. The lowest BCUT2D eigenvalue weighted by molar-refractivity contribution is -0.138. The van der Waals surface area contributed by atoms with Gasteiger partial charge in [0.15, 0.2) is 11.5 Å². The zero-order valence-electron chi connectivity index (χ0n) is 14.8. The van der Waals surface area contributed by atoms with Gasteiger partial charge in [-0.05, 0) is 24.3 Å². The molecule has 0 aliphatic heterocycles. The van der Waals surface area contributed by atoms with Crippen LogP contribution in [-0.2, 0) is 4.79 Å². The van der Waals surface area contributed by atoms with Crippen molar-refractivity contribution in [3.8, 4) is 23.0 Å². The van der Waals surface area contributed by atoms with Crippen molar-refractivity contribution in [2.75, 3.05) is 13.7 Å². The minimum atomic E-state index is -1.06. The molecule has 27 heavy (non-hydrogen) atoms. The van der Waals surface area contributed by atoms with Gasteiger partial charge >= 0.3 is 5.97 Å². The fraction of sp³-hybridized carbons (Fsp3) is 0.200. The predicted molar refractivity (Wildman–Crippen MR) is 101 cm³/mol. The van der Waals surface area contributed by atoms with E-state index in [1.54, 1.807) is 24.4 Å². The highest BCUT2D eigenvalue weighted by Crippen LogP contribution is 2.37. The molecule has 0 bridgehead atoms. The van der Waals surface area contributed by atoms with Crippen molar-refractivity contribution in [2.45, 2.75) is 12.5 Å². The Hall–Kier alpha value is -3.32. The number of hydrogen-bond donors (Lipinski definition) is 2. The van der Waals surface area contributed by atoms with Crippen LogP contribution in [0.3, 0.4) is 0 Å². The third-order valence-corrected chi connectivity index (χ3v) is 3.96. The molecule has 1 unspecified atom stereocenters. The Morgan fingerprint density at radius 2 is 1.93 bits per heavy atom. The minimum Gasteiger partial charge on any atom is -0.493 e. The molecule has 0 spiro atoms. The van der Waals surface area contributed by atoms with Crippen molar-refractivity contribution in [3.05, 3.63) is 54.7 Å². The minimum absolute atomic E-state index is 0.148. The van der Waals surface area contributed by atoms with E-state index < -0.39 is 12.0 Å². The average Bonchev–Trinajstić information content (AvgIpc) is 2.68. The summed E-state index contributed by atoms with van der Waals surface area (Å²) in [6, 6.07) is 13.8. The third kappa shape index (κ3) is 4.45. The van der Waals surface area contributed by atoms with Crippen LogP contribution in [0.4, 0.5) is 0 Å². The van der Waals surface area contributed by atoms with Crippen LogP contribution < -0.4 is 19.9 Å². The van der Waals surface area contributed by atoms with Crippen LogP contribution in [0.15, 0.2) is 54.7 Å². The number of aromatic nitrogens is 1. The number of para-hydroxylation sites is 1. The number of hydrogen-bond acceptors (Lipinski definition) is 6. The fourth-order valence-electron chi connectivity index (χ4n) is 2.52. The van der Waals surface area contributed by atoms with Gasteiger partial charge in [-0.15, -0.1) is 0 Å². The number of rotatable bonds is 8. The van der Waals surface area contributed by atoms with E-state index in [0.717, 1.165) is 5.39 Å². The summed E-state index contributed by atoms with van der Waals surface area (Å²) in [7, 11) is 1.53. The topological polar surface area (TPSA) is 104 Å². The zero-order valence-corrected chi connectivity index (χ0v) is 14.8. The Kier molecular flexibility index (Phi) is 5.73. The lowest BCUT2D eigenvalue weighted by Gasteiger charge is -2.14. The van der Waals surface area contributed by atoms with Gasteiger partial charge in [-0.3, -0.25) is 9.78 Å². The summed E-state index contributed by atoms with van der Waals surface area (Å²) in [6.07, 6.45) is 1.83. The molecule has 0 radical (unpaired) electrons. The molecule has 3 aromatic rings. The highest BCUT2D eigenvalue weighted by atomic mass is 16.5. The summed E-state index contributed by atoms with van der Waals surface area (Å²) >= 11 is 0. The van der Waals surface area contributed by atoms with Crippen LogP contribution in [-0.4, -0.2) is 35.8 Å².